The van der Waals surface area contributed by atoms with E-state index < -0.39 is 0 Å². The average molecular weight is 250 g/mol. The lowest BCUT2D eigenvalue weighted by molar-refractivity contribution is 0.0931. The number of carbonyl (C=O) groups excluding carboxylic acids is 1. The fraction of sp³-hybridized carbons (Fsp3) is 0.692. The number of anilines is 1. The summed E-state index contributed by atoms with van der Waals surface area (Å²) in [5, 5.41) is 9.84. The van der Waals surface area contributed by atoms with Crippen LogP contribution in [-0.2, 0) is 0 Å². The second-order valence-electron chi connectivity index (χ2n) is 5.87. The van der Waals surface area contributed by atoms with Crippen LogP contribution in [0.15, 0.2) is 0 Å². The molecule has 1 aromatic heterocycles. The normalized spacial score (nSPS) is 15.7. The highest BCUT2D eigenvalue weighted by atomic mass is 16.1. The lowest BCUT2D eigenvalue weighted by Gasteiger charge is -2.22. The van der Waals surface area contributed by atoms with Gasteiger partial charge in [-0.3, -0.25) is 9.89 Å². The van der Waals surface area contributed by atoms with Gasteiger partial charge in [0.25, 0.3) is 5.91 Å². The third-order valence-corrected chi connectivity index (χ3v) is 3.72. The summed E-state index contributed by atoms with van der Waals surface area (Å²) in [4.78, 5) is 12.0. The number of nitrogens with two attached hydrogens (primary N) is 1. The van der Waals surface area contributed by atoms with Gasteiger partial charge in [-0.1, -0.05) is 20.8 Å². The molecule has 2 rings (SSSR count). The van der Waals surface area contributed by atoms with Crippen molar-refractivity contribution in [3.63, 3.8) is 0 Å². The number of hydrogen-bond donors (Lipinski definition) is 3. The molecule has 0 aliphatic heterocycles. The van der Waals surface area contributed by atoms with Gasteiger partial charge in [-0.15, -0.1) is 0 Å². The van der Waals surface area contributed by atoms with Gasteiger partial charge in [0, 0.05) is 12.5 Å². The number of nitrogen functional groups attached to an aromatic ring is 1. The minimum absolute atomic E-state index is 0.0973. The SMILES string of the molecule is CCC(C)(C)CNC(=O)c1n[nH]c(C2CC2)c1N. The molecule has 5 nitrogen and oxygen atoms in total. The first kappa shape index (κ1) is 12.9. The van der Waals surface area contributed by atoms with Crippen LogP contribution in [0.3, 0.4) is 0 Å². The molecule has 1 saturated carbocycles. The zero-order chi connectivity index (χ0) is 13.3. The lowest BCUT2D eigenvalue weighted by Crippen LogP contribution is -2.34. The first-order valence-electron chi connectivity index (χ1n) is 6.56. The van der Waals surface area contributed by atoms with E-state index in [2.05, 4.69) is 36.3 Å². The Bertz CT molecular complexity index is 446. The molecule has 4 N–H and O–H groups in total. The summed E-state index contributed by atoms with van der Waals surface area (Å²) in [5.41, 5.74) is 7.84. The van der Waals surface area contributed by atoms with Crippen LogP contribution in [0.4, 0.5) is 5.69 Å². The van der Waals surface area contributed by atoms with E-state index in [0.29, 0.717) is 23.8 Å². The van der Waals surface area contributed by atoms with Gasteiger partial charge in [-0.25, -0.2) is 0 Å². The summed E-state index contributed by atoms with van der Waals surface area (Å²) < 4.78 is 0. The highest BCUT2D eigenvalue weighted by Gasteiger charge is 2.30. The summed E-state index contributed by atoms with van der Waals surface area (Å²) >= 11 is 0. The number of nitrogens with one attached hydrogen (secondary N) is 2. The minimum atomic E-state index is -0.183. The van der Waals surface area contributed by atoms with Gasteiger partial charge >= 0.3 is 0 Å². The molecule has 5 heteroatoms. The molecule has 1 aromatic rings. The molecule has 1 heterocycles. The van der Waals surface area contributed by atoms with Crippen molar-refractivity contribution in [2.45, 2.75) is 46.0 Å². The molecule has 0 aromatic carbocycles. The number of aromatic amines is 1. The molecule has 100 valence electrons. The molecule has 0 bridgehead atoms. The molecular formula is C13H22N4O. The number of amides is 1. The average Bonchev–Trinajstić information content (AvgIpc) is 3.10. The molecule has 0 radical (unpaired) electrons. The zero-order valence-corrected chi connectivity index (χ0v) is 11.3. The van der Waals surface area contributed by atoms with Gasteiger partial charge in [-0.05, 0) is 24.7 Å². The van der Waals surface area contributed by atoms with Crippen molar-refractivity contribution in [2.24, 2.45) is 5.41 Å². The Balaban J connectivity index is 2.01. The van der Waals surface area contributed by atoms with Crippen molar-refractivity contribution in [3.05, 3.63) is 11.4 Å². The summed E-state index contributed by atoms with van der Waals surface area (Å²) in [5.74, 6) is 0.295. The van der Waals surface area contributed by atoms with E-state index in [1.54, 1.807) is 0 Å². The van der Waals surface area contributed by atoms with Crippen LogP contribution in [0.2, 0.25) is 0 Å². The van der Waals surface area contributed by atoms with Crippen LogP contribution < -0.4 is 11.1 Å². The third-order valence-electron chi connectivity index (χ3n) is 3.72. The summed E-state index contributed by atoms with van der Waals surface area (Å²) in [6, 6.07) is 0. The minimum Gasteiger partial charge on any atom is -0.395 e. The summed E-state index contributed by atoms with van der Waals surface area (Å²) in [6.07, 6.45) is 3.28. The fourth-order valence-corrected chi connectivity index (χ4v) is 1.75. The molecule has 0 saturated heterocycles. The Kier molecular flexibility index (Phi) is 3.32. The predicted molar refractivity (Wildman–Crippen MR) is 71.4 cm³/mol. The second-order valence-corrected chi connectivity index (χ2v) is 5.87. The zero-order valence-electron chi connectivity index (χ0n) is 11.3. The molecule has 1 aliphatic rings. The van der Waals surface area contributed by atoms with Gasteiger partial charge in [0.05, 0.1) is 11.4 Å². The first-order valence-corrected chi connectivity index (χ1v) is 6.56. The molecule has 18 heavy (non-hydrogen) atoms. The van der Waals surface area contributed by atoms with E-state index in [4.69, 9.17) is 5.73 Å². The number of carbonyl (C=O) groups is 1. The van der Waals surface area contributed by atoms with Crippen molar-refractivity contribution < 1.29 is 4.79 Å². The first-order chi connectivity index (χ1) is 8.44. The van der Waals surface area contributed by atoms with Crippen LogP contribution in [0.25, 0.3) is 0 Å². The van der Waals surface area contributed by atoms with Gasteiger partial charge in [0.2, 0.25) is 0 Å². The van der Waals surface area contributed by atoms with Crippen LogP contribution in [0, 0.1) is 5.41 Å². The Hall–Kier alpha value is -1.52. The highest BCUT2D eigenvalue weighted by molar-refractivity contribution is 5.97. The lowest BCUT2D eigenvalue weighted by atomic mass is 9.90. The van der Waals surface area contributed by atoms with E-state index in [-0.39, 0.29) is 11.3 Å². The fourth-order valence-electron chi connectivity index (χ4n) is 1.75. The number of nitrogens with zero attached hydrogens (tertiary/aromatic N) is 1. The van der Waals surface area contributed by atoms with Crippen LogP contribution in [-0.4, -0.2) is 22.6 Å². The number of rotatable bonds is 5. The summed E-state index contributed by atoms with van der Waals surface area (Å²) in [7, 11) is 0. The maximum atomic E-state index is 12.0. The van der Waals surface area contributed by atoms with Crippen LogP contribution in [0.1, 0.15) is 62.1 Å². The van der Waals surface area contributed by atoms with E-state index >= 15 is 0 Å². The standard InChI is InChI=1S/C13H22N4O/c1-4-13(2,3)7-15-12(18)11-9(14)10(16-17-11)8-5-6-8/h8H,4-7,14H2,1-3H3,(H,15,18)(H,16,17). The van der Waals surface area contributed by atoms with Gasteiger partial charge in [0.1, 0.15) is 0 Å². The number of H-pyrrole nitrogens is 1. The third kappa shape index (κ3) is 2.66. The number of hydrogen-bond acceptors (Lipinski definition) is 3. The van der Waals surface area contributed by atoms with Crippen LogP contribution in [0.5, 0.6) is 0 Å². The smallest absolute Gasteiger partial charge is 0.273 e. The molecule has 1 amide bonds. The van der Waals surface area contributed by atoms with E-state index in [1.165, 1.54) is 0 Å². The predicted octanol–water partition coefficient (Wildman–Crippen LogP) is 2.04. The quantitative estimate of drug-likeness (QED) is 0.747. The Morgan fingerprint density at radius 1 is 1.56 bits per heavy atom. The Morgan fingerprint density at radius 2 is 2.22 bits per heavy atom. The largest absolute Gasteiger partial charge is 0.395 e. The van der Waals surface area contributed by atoms with Gasteiger partial charge < -0.3 is 11.1 Å². The van der Waals surface area contributed by atoms with Crippen molar-refractivity contribution >= 4 is 11.6 Å². The highest BCUT2D eigenvalue weighted by Crippen LogP contribution is 2.42. The van der Waals surface area contributed by atoms with Crippen molar-refractivity contribution in [3.8, 4) is 0 Å². The van der Waals surface area contributed by atoms with E-state index in [9.17, 15) is 4.79 Å². The monoisotopic (exact) mass is 250 g/mol. The molecule has 1 aliphatic carbocycles. The molecule has 0 spiro atoms. The Morgan fingerprint density at radius 3 is 2.78 bits per heavy atom. The molecule has 0 atom stereocenters. The second kappa shape index (κ2) is 4.63. The van der Waals surface area contributed by atoms with Gasteiger partial charge in [0.15, 0.2) is 5.69 Å². The Labute approximate surface area is 108 Å². The van der Waals surface area contributed by atoms with Gasteiger partial charge in [-0.2, -0.15) is 5.10 Å². The van der Waals surface area contributed by atoms with Crippen molar-refractivity contribution in [1.29, 1.82) is 0 Å². The topological polar surface area (TPSA) is 83.8 Å². The van der Waals surface area contributed by atoms with E-state index in [0.717, 1.165) is 25.0 Å². The maximum absolute atomic E-state index is 12.0. The molecule has 1 fully saturated rings. The maximum Gasteiger partial charge on any atom is 0.273 e. The molecule has 0 unspecified atom stereocenters. The number of aromatic nitrogens is 2. The van der Waals surface area contributed by atoms with Crippen LogP contribution >= 0.6 is 0 Å². The van der Waals surface area contributed by atoms with Crippen molar-refractivity contribution in [1.82, 2.24) is 15.5 Å². The molecular weight excluding hydrogens is 228 g/mol. The van der Waals surface area contributed by atoms with E-state index in [1.807, 2.05) is 0 Å². The summed E-state index contributed by atoms with van der Waals surface area (Å²) in [6.45, 7) is 6.99. The van der Waals surface area contributed by atoms with Crippen molar-refractivity contribution in [2.75, 3.05) is 12.3 Å².